The molecule has 7 heteroatoms. The van der Waals surface area contributed by atoms with Gasteiger partial charge in [0.25, 0.3) is 0 Å². The van der Waals surface area contributed by atoms with E-state index in [0.717, 1.165) is 39.2 Å². The largest absolute Gasteiger partial charge is 0.509 e. The molecule has 0 unspecified atom stereocenters. The monoisotopic (exact) mass is 1140 g/mol. The Morgan fingerprint density at radius 1 is 0.667 bits per heavy atom. The Morgan fingerprint density at radius 3 is 1.96 bits per heavy atom. The summed E-state index contributed by atoms with van der Waals surface area (Å²) in [7, 11) is 0. The van der Waals surface area contributed by atoms with Gasteiger partial charge in [0, 0.05) is 87.2 Å². The van der Waals surface area contributed by atoms with Crippen molar-refractivity contribution in [1.82, 2.24) is 23.1 Å². The summed E-state index contributed by atoms with van der Waals surface area (Å²) >= 11 is 0. The van der Waals surface area contributed by atoms with Crippen LogP contribution in [0.15, 0.2) is 152 Å². The zero-order valence-electron chi connectivity index (χ0n) is 52.6. The van der Waals surface area contributed by atoms with Crippen molar-refractivity contribution in [2.75, 3.05) is 6.67 Å². The van der Waals surface area contributed by atoms with Crippen LogP contribution in [0.4, 0.5) is 22.7 Å². The number of para-hydroxylation sites is 4. The number of ether oxygens (including phenoxy) is 1. The van der Waals surface area contributed by atoms with E-state index in [2.05, 4.69) is 105 Å². The third-order valence-electron chi connectivity index (χ3n) is 14.4. The Labute approximate surface area is 454 Å². The second kappa shape index (κ2) is 16.9. The van der Waals surface area contributed by atoms with Gasteiger partial charge >= 0.3 is 0 Å². The van der Waals surface area contributed by atoms with Gasteiger partial charge in [0.05, 0.1) is 28.7 Å². The molecule has 1 saturated heterocycles. The van der Waals surface area contributed by atoms with Crippen LogP contribution in [0.1, 0.15) is 112 Å². The van der Waals surface area contributed by atoms with Crippen LogP contribution in [0.5, 0.6) is 11.5 Å². The first-order chi connectivity index (χ1) is 37.9. The third kappa shape index (κ3) is 7.50. The quantitative estimate of drug-likeness (QED) is 0.112. The molecule has 6 heterocycles. The molecule has 2 atom stereocenters. The smallest absolute Gasteiger partial charge is 0.184 e. The number of pyridine rings is 1. The molecule has 0 saturated carbocycles. The van der Waals surface area contributed by atoms with Crippen LogP contribution in [-0.2, 0) is 43.7 Å². The van der Waals surface area contributed by atoms with E-state index in [4.69, 9.17) is 15.2 Å². The van der Waals surface area contributed by atoms with Gasteiger partial charge in [0.2, 0.25) is 0 Å². The SMILES string of the molecule is [2H]c1c([2H])c([2H])c2c(c1[2H])c1c([2H])c([2H])c([2H])c([2H])c1n2-c1cc(Oc2[c-]c([N@@+]34[CH-][N@@+](c5cc(C(C)(C)C)cc(C(C)(C)C)c5)(C3)c3c(C([2H])([2H])C(C)C)cccc34)ccc2)[c-]c2c1c1ccccc1n2-c1cc(C(C)(C)C)ccn1.[Pt]. The summed E-state index contributed by atoms with van der Waals surface area (Å²) in [5.41, 5.74) is 8.63. The van der Waals surface area contributed by atoms with Crippen LogP contribution in [0.2, 0.25) is 0 Å². The van der Waals surface area contributed by atoms with Crippen molar-refractivity contribution in [2.24, 2.45) is 5.92 Å². The molecule has 72 heavy (non-hydrogen) atoms. The van der Waals surface area contributed by atoms with Gasteiger partial charge in [-0.25, -0.2) is 4.98 Å². The zero-order valence-corrected chi connectivity index (χ0v) is 44.9. The molecule has 0 radical (unpaired) electrons. The molecule has 0 aliphatic carbocycles. The molecule has 366 valence electrons. The minimum atomic E-state index is -1.67. The molecule has 3 aliphatic heterocycles. The first-order valence-corrected chi connectivity index (χ1v) is 24.5. The fourth-order valence-corrected chi connectivity index (χ4v) is 10.8. The number of aromatic nitrogens is 3. The fraction of sp³-hybridized carbons (Fsp3) is 0.262. The first-order valence-electron chi connectivity index (χ1n) is 29.5. The maximum absolute atomic E-state index is 9.62. The molecule has 0 N–H and O–H groups in total. The molecule has 10 aromatic rings. The van der Waals surface area contributed by atoms with Gasteiger partial charge in [-0.2, -0.15) is 6.07 Å². The third-order valence-corrected chi connectivity index (χ3v) is 14.4. The zero-order chi connectivity index (χ0) is 58.2. The van der Waals surface area contributed by atoms with E-state index in [1.54, 1.807) is 16.8 Å². The fourth-order valence-electron chi connectivity index (χ4n) is 10.8. The van der Waals surface area contributed by atoms with Crippen molar-refractivity contribution in [3.63, 3.8) is 0 Å². The summed E-state index contributed by atoms with van der Waals surface area (Å²) in [5, 5.41) is 1.21. The Balaban J connectivity index is 0.00000705. The van der Waals surface area contributed by atoms with E-state index in [0.29, 0.717) is 44.9 Å². The minimum absolute atomic E-state index is 0. The number of rotatable bonds is 8. The number of hydrogen-bond acceptors (Lipinski definition) is 2. The molecule has 0 spiro atoms. The minimum Gasteiger partial charge on any atom is -0.509 e. The Morgan fingerprint density at radius 2 is 1.31 bits per heavy atom. The standard InChI is InChI=1S/C65H64N5O.Pt/c1-42(2)32-43-20-18-29-59-62(43)70(48-34-45(64(6,7)8)33-46(35-48)65(9,10)11)40-69(59,41-70)47-21-19-22-49(37-47)71-50-38-57(67-54-26-15-12-23-51(54)52-24-13-16-27-55(52)67)61-53-25-14-17-28-56(53)68(58(61)39-50)60-36-44(30-31-66-60)63(3,4)5;/h12-31,33-36,38,40,42H,32,41H2,1-11H3;/q-1;/t69-,70+;/m1./s1/i12D,13D,15D,16D,23D,24D,26D,27D,32D2;. The molecule has 3 aromatic heterocycles. The molecule has 7 aromatic carbocycles. The van der Waals surface area contributed by atoms with Crippen LogP contribution in [0.25, 0.3) is 55.1 Å². The van der Waals surface area contributed by atoms with E-state index in [1.807, 2.05) is 85.1 Å². The van der Waals surface area contributed by atoms with Crippen LogP contribution >= 0.6 is 0 Å². The van der Waals surface area contributed by atoms with E-state index in [9.17, 15) is 8.22 Å². The second-order valence-corrected chi connectivity index (χ2v) is 22.8. The van der Waals surface area contributed by atoms with E-state index in [1.165, 1.54) is 11.1 Å². The molecule has 6 nitrogen and oxygen atoms in total. The summed E-state index contributed by atoms with van der Waals surface area (Å²) < 4.78 is 103. The predicted molar refractivity (Wildman–Crippen MR) is 297 cm³/mol. The normalized spacial score (nSPS) is 19.9. The molecule has 13 rings (SSSR count). The van der Waals surface area contributed by atoms with Crippen molar-refractivity contribution >= 4 is 66.4 Å². The van der Waals surface area contributed by atoms with E-state index < -0.39 is 54.7 Å². The summed E-state index contributed by atoms with van der Waals surface area (Å²) in [6, 6.07) is 35.6. The molecular formula is C65H64N5OPt-. The van der Waals surface area contributed by atoms with Crippen molar-refractivity contribution in [3.05, 3.63) is 193 Å². The molecule has 1 fully saturated rings. The Bertz CT molecular complexity index is 4240. The van der Waals surface area contributed by atoms with E-state index >= 15 is 0 Å². The number of nitrogens with zero attached hydrogens (tertiary/aromatic N) is 5. The van der Waals surface area contributed by atoms with Crippen molar-refractivity contribution in [1.29, 1.82) is 0 Å². The van der Waals surface area contributed by atoms with Gasteiger partial charge in [0.1, 0.15) is 11.5 Å². The number of hydrogen-bond donors (Lipinski definition) is 0. The van der Waals surface area contributed by atoms with Crippen LogP contribution < -0.4 is 13.7 Å². The van der Waals surface area contributed by atoms with Crippen molar-refractivity contribution in [2.45, 2.75) is 98.8 Å². The molecule has 2 bridgehead atoms. The maximum atomic E-state index is 9.62. The van der Waals surface area contributed by atoms with Gasteiger partial charge in [-0.1, -0.05) is 166 Å². The Kier molecular flexibility index (Phi) is 8.78. The second-order valence-electron chi connectivity index (χ2n) is 22.8. The van der Waals surface area contributed by atoms with Crippen molar-refractivity contribution in [3.8, 4) is 23.0 Å². The van der Waals surface area contributed by atoms with Crippen molar-refractivity contribution < 1.29 is 39.5 Å². The Hall–Kier alpha value is -6.30. The molecule has 0 amide bonds. The van der Waals surface area contributed by atoms with Gasteiger partial charge in [-0.3, -0.25) is 4.48 Å². The average Bonchev–Trinajstić information content (AvgIpc) is 1.58. The van der Waals surface area contributed by atoms with E-state index in [-0.39, 0.29) is 75.3 Å². The van der Waals surface area contributed by atoms with Gasteiger partial charge in [0.15, 0.2) is 18.0 Å². The number of quaternary nitrogens is 2. The van der Waals surface area contributed by atoms with Gasteiger partial charge in [-0.05, 0) is 86.6 Å². The van der Waals surface area contributed by atoms with Crippen LogP contribution in [-0.4, -0.2) is 20.8 Å². The van der Waals surface area contributed by atoms with Crippen LogP contribution in [0.3, 0.4) is 0 Å². The first kappa shape index (κ1) is 37.4. The van der Waals surface area contributed by atoms with Gasteiger partial charge < -0.3 is 18.4 Å². The topological polar surface area (TPSA) is 32.0 Å². The van der Waals surface area contributed by atoms with Gasteiger partial charge in [-0.15, -0.1) is 24.3 Å². The summed E-state index contributed by atoms with van der Waals surface area (Å²) in [6.45, 7) is 26.4. The molecular weight excluding hydrogens is 1060 g/mol. The summed E-state index contributed by atoms with van der Waals surface area (Å²) in [6.07, 6.45) is 0.0977. The number of benzene rings is 7. The predicted octanol–water partition coefficient (Wildman–Crippen LogP) is 17.1. The summed E-state index contributed by atoms with van der Waals surface area (Å²) in [5.74, 6) is 0.762. The summed E-state index contributed by atoms with van der Waals surface area (Å²) in [4.78, 5) is 4.93. The molecule has 3 aliphatic rings. The maximum Gasteiger partial charge on any atom is 0.184 e. The average molecular weight is 1140 g/mol. The van der Waals surface area contributed by atoms with Crippen LogP contribution in [0, 0.1) is 24.7 Å². The number of fused-ring (bicyclic) bond motifs is 6.